The van der Waals surface area contributed by atoms with Crippen LogP contribution in [0.5, 0.6) is 0 Å². The molecule has 2 saturated heterocycles. The van der Waals surface area contributed by atoms with Crippen molar-refractivity contribution in [1.82, 2.24) is 14.8 Å². The molecular weight excluding hydrogens is 366 g/mol. The molecule has 1 N–H and O–H groups in total. The maximum atomic E-state index is 13.1. The Balaban J connectivity index is 1.44. The first-order valence-electron chi connectivity index (χ1n) is 10.3. The third kappa shape index (κ3) is 3.22. The summed E-state index contributed by atoms with van der Waals surface area (Å²) < 4.78 is 5.70. The first-order chi connectivity index (χ1) is 14.1. The molecule has 3 aromatic rings. The van der Waals surface area contributed by atoms with Crippen molar-refractivity contribution in [3.8, 4) is 0 Å². The van der Waals surface area contributed by atoms with Gasteiger partial charge >= 0.3 is 5.91 Å². The number of amides is 1. The van der Waals surface area contributed by atoms with Crippen molar-refractivity contribution in [1.29, 1.82) is 0 Å². The van der Waals surface area contributed by atoms with Gasteiger partial charge in [0.15, 0.2) is 5.58 Å². The van der Waals surface area contributed by atoms with Crippen LogP contribution < -0.4 is 0 Å². The number of benzene rings is 2. The zero-order valence-corrected chi connectivity index (χ0v) is 16.3. The molecule has 3 heterocycles. The average Bonchev–Trinajstić information content (AvgIpc) is 3.44. The van der Waals surface area contributed by atoms with Gasteiger partial charge in [-0.2, -0.15) is 0 Å². The van der Waals surface area contributed by atoms with E-state index in [-0.39, 0.29) is 17.8 Å². The summed E-state index contributed by atoms with van der Waals surface area (Å²) in [5, 5.41) is 11.7. The maximum absolute atomic E-state index is 13.1. The molecule has 2 atom stereocenters. The van der Waals surface area contributed by atoms with Crippen molar-refractivity contribution < 1.29 is 14.3 Å². The minimum Gasteiger partial charge on any atom is -0.432 e. The number of likely N-dealkylation sites (tertiary alicyclic amines) is 2. The predicted octanol–water partition coefficient (Wildman–Crippen LogP) is 3.03. The van der Waals surface area contributed by atoms with Crippen LogP contribution in [0.3, 0.4) is 0 Å². The molecule has 2 aliphatic rings. The lowest BCUT2D eigenvalue weighted by molar-refractivity contribution is -0.0881. The fourth-order valence-electron chi connectivity index (χ4n) is 4.74. The molecule has 150 valence electrons. The summed E-state index contributed by atoms with van der Waals surface area (Å²) in [6.07, 6.45) is 2.74. The number of hydrogen-bond acceptors (Lipinski definition) is 5. The highest BCUT2D eigenvalue weighted by atomic mass is 16.4. The van der Waals surface area contributed by atoms with E-state index >= 15 is 0 Å². The third-order valence-electron chi connectivity index (χ3n) is 6.33. The van der Waals surface area contributed by atoms with Gasteiger partial charge in [0.1, 0.15) is 11.1 Å². The standard InChI is InChI=1S/C23H25N3O3/c27-22(21-24-18-10-4-5-11-19(18)29-21)26-15-12-23(28,17-8-2-1-3-9-17)20(16-26)25-13-6-7-14-25/h1-5,8-11,20,28H,6-7,12-16H2/t20-,23+/m1/s1. The van der Waals surface area contributed by atoms with Gasteiger partial charge < -0.3 is 14.4 Å². The van der Waals surface area contributed by atoms with E-state index < -0.39 is 5.60 Å². The van der Waals surface area contributed by atoms with E-state index in [9.17, 15) is 9.90 Å². The number of aromatic nitrogens is 1. The Morgan fingerprint density at radius 1 is 1.03 bits per heavy atom. The molecule has 0 bridgehead atoms. The molecule has 6 heteroatoms. The number of carbonyl (C=O) groups is 1. The largest absolute Gasteiger partial charge is 0.432 e. The maximum Gasteiger partial charge on any atom is 0.309 e. The van der Waals surface area contributed by atoms with E-state index in [1.54, 1.807) is 4.90 Å². The van der Waals surface area contributed by atoms with Gasteiger partial charge in [-0.25, -0.2) is 4.98 Å². The normalized spacial score (nSPS) is 25.6. The molecule has 0 unspecified atom stereocenters. The minimum absolute atomic E-state index is 0.122. The van der Waals surface area contributed by atoms with Gasteiger partial charge in [0.05, 0.1) is 6.04 Å². The first kappa shape index (κ1) is 18.3. The number of rotatable bonds is 3. The Kier molecular flexibility index (Phi) is 4.60. The molecule has 2 aromatic carbocycles. The Morgan fingerprint density at radius 3 is 2.52 bits per heavy atom. The van der Waals surface area contributed by atoms with Crippen molar-refractivity contribution in [3.63, 3.8) is 0 Å². The minimum atomic E-state index is -0.969. The van der Waals surface area contributed by atoms with Crippen LogP contribution in [0.1, 0.15) is 35.5 Å². The molecule has 0 saturated carbocycles. The van der Waals surface area contributed by atoms with Gasteiger partial charge in [0.2, 0.25) is 0 Å². The van der Waals surface area contributed by atoms with Crippen molar-refractivity contribution in [2.45, 2.75) is 30.9 Å². The highest BCUT2D eigenvalue weighted by molar-refractivity contribution is 5.92. The van der Waals surface area contributed by atoms with Gasteiger partial charge in [0.25, 0.3) is 5.89 Å². The van der Waals surface area contributed by atoms with E-state index in [0.717, 1.165) is 31.5 Å². The molecule has 2 aliphatic heterocycles. The van der Waals surface area contributed by atoms with E-state index in [4.69, 9.17) is 4.42 Å². The lowest BCUT2D eigenvalue weighted by atomic mass is 9.79. The number of aliphatic hydroxyl groups is 1. The van der Waals surface area contributed by atoms with Gasteiger partial charge in [-0.3, -0.25) is 9.69 Å². The monoisotopic (exact) mass is 391 g/mol. The van der Waals surface area contributed by atoms with Crippen LogP contribution in [0.25, 0.3) is 11.1 Å². The van der Waals surface area contributed by atoms with Crippen molar-refractivity contribution >= 4 is 17.0 Å². The number of oxazole rings is 1. The number of piperidine rings is 1. The van der Waals surface area contributed by atoms with E-state index in [0.29, 0.717) is 30.6 Å². The van der Waals surface area contributed by atoms with Crippen LogP contribution in [0.4, 0.5) is 0 Å². The van der Waals surface area contributed by atoms with Crippen LogP contribution in [0.15, 0.2) is 59.0 Å². The summed E-state index contributed by atoms with van der Waals surface area (Å²) in [6.45, 7) is 2.83. The zero-order chi connectivity index (χ0) is 19.8. The fraction of sp³-hybridized carbons (Fsp3) is 0.391. The van der Waals surface area contributed by atoms with Crippen LogP contribution >= 0.6 is 0 Å². The highest BCUT2D eigenvalue weighted by Crippen LogP contribution is 2.37. The zero-order valence-electron chi connectivity index (χ0n) is 16.3. The summed E-state index contributed by atoms with van der Waals surface area (Å²) >= 11 is 0. The molecular formula is C23H25N3O3. The summed E-state index contributed by atoms with van der Waals surface area (Å²) in [5.41, 5.74) is 1.25. The molecule has 6 nitrogen and oxygen atoms in total. The number of nitrogens with zero attached hydrogens (tertiary/aromatic N) is 3. The van der Waals surface area contributed by atoms with Crippen LogP contribution in [-0.2, 0) is 5.60 Å². The first-order valence-corrected chi connectivity index (χ1v) is 10.3. The molecule has 0 radical (unpaired) electrons. The van der Waals surface area contributed by atoms with Crippen molar-refractivity contribution in [2.24, 2.45) is 0 Å². The molecule has 29 heavy (non-hydrogen) atoms. The third-order valence-corrected chi connectivity index (χ3v) is 6.33. The Hall–Kier alpha value is -2.70. The topological polar surface area (TPSA) is 69.8 Å². The van der Waals surface area contributed by atoms with Crippen LogP contribution in [-0.4, -0.2) is 58.0 Å². The smallest absolute Gasteiger partial charge is 0.309 e. The number of hydrogen-bond donors (Lipinski definition) is 1. The van der Waals surface area contributed by atoms with E-state index in [2.05, 4.69) is 9.88 Å². The number of para-hydroxylation sites is 2. The lowest BCUT2D eigenvalue weighted by Gasteiger charge is -2.48. The van der Waals surface area contributed by atoms with Crippen molar-refractivity contribution in [2.75, 3.05) is 26.2 Å². The molecule has 5 rings (SSSR count). The van der Waals surface area contributed by atoms with Gasteiger partial charge in [-0.15, -0.1) is 0 Å². The molecule has 1 amide bonds. The second-order valence-electron chi connectivity index (χ2n) is 8.04. The second-order valence-corrected chi connectivity index (χ2v) is 8.04. The summed E-state index contributed by atoms with van der Waals surface area (Å²) in [6, 6.07) is 17.1. The summed E-state index contributed by atoms with van der Waals surface area (Å²) in [4.78, 5) is 21.6. The Bertz CT molecular complexity index is 979. The second kappa shape index (κ2) is 7.28. The molecule has 0 spiro atoms. The quantitative estimate of drug-likeness (QED) is 0.743. The molecule has 1 aromatic heterocycles. The van der Waals surface area contributed by atoms with Gasteiger partial charge in [-0.05, 0) is 50.0 Å². The van der Waals surface area contributed by atoms with Gasteiger partial charge in [0, 0.05) is 13.1 Å². The molecule has 2 fully saturated rings. The predicted molar refractivity (Wildman–Crippen MR) is 109 cm³/mol. The van der Waals surface area contributed by atoms with Gasteiger partial charge in [-0.1, -0.05) is 42.5 Å². The lowest BCUT2D eigenvalue weighted by Crippen LogP contribution is -2.61. The Labute approximate surface area is 169 Å². The van der Waals surface area contributed by atoms with Crippen molar-refractivity contribution in [3.05, 3.63) is 66.1 Å². The van der Waals surface area contributed by atoms with E-state index in [1.165, 1.54) is 0 Å². The summed E-state index contributed by atoms with van der Waals surface area (Å²) in [7, 11) is 0. The fourth-order valence-corrected chi connectivity index (χ4v) is 4.74. The SMILES string of the molecule is O=C(c1nc2ccccc2o1)N1CC[C@](O)(c2ccccc2)[C@H](N2CCCC2)C1. The van der Waals surface area contributed by atoms with Crippen LogP contribution in [0, 0.1) is 0 Å². The molecule has 0 aliphatic carbocycles. The number of fused-ring (bicyclic) bond motifs is 1. The van der Waals surface area contributed by atoms with Crippen LogP contribution in [0.2, 0.25) is 0 Å². The average molecular weight is 391 g/mol. The summed E-state index contributed by atoms with van der Waals surface area (Å²) in [5.74, 6) is -0.0861. The Morgan fingerprint density at radius 2 is 1.76 bits per heavy atom. The highest BCUT2D eigenvalue weighted by Gasteiger charge is 2.47. The number of carbonyl (C=O) groups excluding carboxylic acids is 1. The van der Waals surface area contributed by atoms with E-state index in [1.807, 2.05) is 54.6 Å².